The smallest absolute Gasteiger partial charge is 0.244 e. The van der Waals surface area contributed by atoms with Crippen LogP contribution in [0, 0.1) is 0 Å². The molecule has 0 amide bonds. The van der Waals surface area contributed by atoms with E-state index in [2.05, 4.69) is 15.0 Å². The summed E-state index contributed by atoms with van der Waals surface area (Å²) in [5, 5.41) is 2.98. The molecule has 1 aliphatic rings. The standard InChI is InChI=1S/C12H19N3O4S2/c1-2-14-11-3-6-13-9-12(11)21(18,19)15-10-4-7-20(16,17)8-5-10/h3,6,9-10,15H,2,4-5,7-8H2,1H3,(H,13,14). The highest BCUT2D eigenvalue weighted by molar-refractivity contribution is 7.91. The quantitative estimate of drug-likeness (QED) is 0.806. The van der Waals surface area contributed by atoms with Crippen LogP contribution in [0.1, 0.15) is 19.8 Å². The van der Waals surface area contributed by atoms with Crippen molar-refractivity contribution >= 4 is 25.5 Å². The minimum absolute atomic E-state index is 0.0211. The Kier molecular flexibility index (Phi) is 4.84. The number of hydrogen-bond donors (Lipinski definition) is 2. The van der Waals surface area contributed by atoms with Crippen LogP contribution in [-0.4, -0.2) is 45.9 Å². The average Bonchev–Trinajstić information content (AvgIpc) is 2.42. The van der Waals surface area contributed by atoms with Crippen molar-refractivity contribution in [1.82, 2.24) is 9.71 Å². The lowest BCUT2D eigenvalue weighted by Crippen LogP contribution is -2.41. The predicted octanol–water partition coefficient (Wildman–Crippen LogP) is 0.369. The molecule has 1 fully saturated rings. The van der Waals surface area contributed by atoms with Gasteiger partial charge in [-0.3, -0.25) is 4.98 Å². The van der Waals surface area contributed by atoms with E-state index >= 15 is 0 Å². The van der Waals surface area contributed by atoms with Gasteiger partial charge in [-0.05, 0) is 25.8 Å². The second kappa shape index (κ2) is 6.29. The lowest BCUT2D eigenvalue weighted by atomic mass is 10.2. The van der Waals surface area contributed by atoms with Gasteiger partial charge in [0.05, 0.1) is 17.2 Å². The summed E-state index contributed by atoms with van der Waals surface area (Å²) in [4.78, 5) is 3.94. The Labute approximate surface area is 125 Å². The van der Waals surface area contributed by atoms with Gasteiger partial charge >= 0.3 is 0 Å². The number of anilines is 1. The van der Waals surface area contributed by atoms with Gasteiger partial charge in [0, 0.05) is 25.0 Å². The molecular formula is C12H19N3O4S2. The second-order valence-corrected chi connectivity index (χ2v) is 8.94. The third-order valence-electron chi connectivity index (χ3n) is 3.32. The largest absolute Gasteiger partial charge is 0.384 e. The minimum Gasteiger partial charge on any atom is -0.384 e. The number of nitrogens with one attached hydrogen (secondary N) is 2. The first kappa shape index (κ1) is 16.2. The van der Waals surface area contributed by atoms with Crippen LogP contribution in [-0.2, 0) is 19.9 Å². The molecule has 0 spiro atoms. The first-order chi connectivity index (χ1) is 9.84. The second-order valence-electron chi connectivity index (χ2n) is 4.95. The van der Waals surface area contributed by atoms with Gasteiger partial charge in [-0.15, -0.1) is 0 Å². The third-order valence-corrected chi connectivity index (χ3v) is 6.58. The van der Waals surface area contributed by atoms with Gasteiger partial charge in [-0.2, -0.15) is 0 Å². The highest BCUT2D eigenvalue weighted by Gasteiger charge is 2.28. The van der Waals surface area contributed by atoms with Crippen molar-refractivity contribution in [2.45, 2.75) is 30.7 Å². The molecule has 2 rings (SSSR count). The highest BCUT2D eigenvalue weighted by atomic mass is 32.2. The van der Waals surface area contributed by atoms with Crippen LogP contribution in [0.25, 0.3) is 0 Å². The Balaban J connectivity index is 2.16. The van der Waals surface area contributed by atoms with E-state index in [0.717, 1.165) is 0 Å². The molecule has 2 N–H and O–H groups in total. The molecule has 21 heavy (non-hydrogen) atoms. The summed E-state index contributed by atoms with van der Waals surface area (Å²) in [7, 11) is -6.73. The molecule has 0 bridgehead atoms. The van der Waals surface area contributed by atoms with E-state index in [0.29, 0.717) is 25.1 Å². The molecule has 0 saturated carbocycles. The molecular weight excluding hydrogens is 314 g/mol. The van der Waals surface area contributed by atoms with E-state index in [4.69, 9.17) is 0 Å². The van der Waals surface area contributed by atoms with Crippen molar-refractivity contribution in [2.75, 3.05) is 23.4 Å². The SMILES string of the molecule is CCNc1ccncc1S(=O)(=O)NC1CCS(=O)(=O)CC1. The fourth-order valence-electron chi connectivity index (χ4n) is 2.22. The Morgan fingerprint density at radius 1 is 1.33 bits per heavy atom. The normalized spacial score (nSPS) is 19.3. The first-order valence-electron chi connectivity index (χ1n) is 6.75. The van der Waals surface area contributed by atoms with Gasteiger partial charge in [0.25, 0.3) is 0 Å². The zero-order valence-corrected chi connectivity index (χ0v) is 13.4. The maximum absolute atomic E-state index is 12.4. The molecule has 0 aromatic carbocycles. The summed E-state index contributed by atoms with van der Waals surface area (Å²) in [6, 6.07) is 1.25. The molecule has 1 aromatic heterocycles. The number of pyridine rings is 1. The third kappa shape index (κ3) is 4.14. The molecule has 7 nitrogen and oxygen atoms in total. The Bertz CT molecular complexity index is 687. The van der Waals surface area contributed by atoms with Crippen LogP contribution < -0.4 is 10.0 Å². The molecule has 0 unspecified atom stereocenters. The highest BCUT2D eigenvalue weighted by Crippen LogP contribution is 2.21. The number of sulfonamides is 1. The Morgan fingerprint density at radius 3 is 2.62 bits per heavy atom. The zero-order valence-electron chi connectivity index (χ0n) is 11.7. The van der Waals surface area contributed by atoms with E-state index in [1.807, 2.05) is 6.92 Å². The zero-order chi connectivity index (χ0) is 15.5. The fraction of sp³-hybridized carbons (Fsp3) is 0.583. The summed E-state index contributed by atoms with van der Waals surface area (Å²) >= 11 is 0. The molecule has 0 aliphatic carbocycles. The number of rotatable bonds is 5. The van der Waals surface area contributed by atoms with Gasteiger partial charge in [0.1, 0.15) is 14.7 Å². The van der Waals surface area contributed by atoms with Crippen molar-refractivity contribution in [3.8, 4) is 0 Å². The van der Waals surface area contributed by atoms with Crippen LogP contribution in [0.3, 0.4) is 0 Å². The maximum Gasteiger partial charge on any atom is 0.244 e. The van der Waals surface area contributed by atoms with E-state index < -0.39 is 19.9 Å². The number of nitrogens with zero attached hydrogens (tertiary/aromatic N) is 1. The summed E-state index contributed by atoms with van der Waals surface area (Å²) < 4.78 is 50.2. The van der Waals surface area contributed by atoms with Crippen molar-refractivity contribution < 1.29 is 16.8 Å². The maximum atomic E-state index is 12.4. The molecule has 0 atom stereocenters. The van der Waals surface area contributed by atoms with Crippen LogP contribution in [0.2, 0.25) is 0 Å². The van der Waals surface area contributed by atoms with Crippen LogP contribution in [0.4, 0.5) is 5.69 Å². The fourth-order valence-corrected chi connectivity index (χ4v) is 5.14. The first-order valence-corrected chi connectivity index (χ1v) is 10.0. The monoisotopic (exact) mass is 333 g/mol. The van der Waals surface area contributed by atoms with E-state index in [1.165, 1.54) is 12.4 Å². The summed E-state index contributed by atoms with van der Waals surface area (Å²) in [6.07, 6.45) is 3.42. The number of sulfone groups is 1. The molecule has 9 heteroatoms. The van der Waals surface area contributed by atoms with Crippen molar-refractivity contribution in [2.24, 2.45) is 0 Å². The molecule has 2 heterocycles. The molecule has 0 radical (unpaired) electrons. The molecule has 118 valence electrons. The number of hydrogen-bond acceptors (Lipinski definition) is 6. The summed E-state index contributed by atoms with van der Waals surface area (Å²) in [5.74, 6) is 0.0422. The van der Waals surface area contributed by atoms with Gasteiger partial charge in [-0.1, -0.05) is 0 Å². The number of aromatic nitrogens is 1. The lowest BCUT2D eigenvalue weighted by Gasteiger charge is -2.23. The molecule has 1 aliphatic heterocycles. The predicted molar refractivity (Wildman–Crippen MR) is 80.4 cm³/mol. The van der Waals surface area contributed by atoms with Gasteiger partial charge in [-0.25, -0.2) is 21.6 Å². The van der Waals surface area contributed by atoms with E-state index in [-0.39, 0.29) is 22.4 Å². The van der Waals surface area contributed by atoms with Gasteiger partial charge in [0.2, 0.25) is 10.0 Å². The van der Waals surface area contributed by atoms with Crippen LogP contribution in [0.5, 0.6) is 0 Å². The van der Waals surface area contributed by atoms with E-state index in [9.17, 15) is 16.8 Å². The summed E-state index contributed by atoms with van der Waals surface area (Å²) in [5.41, 5.74) is 0.489. The van der Waals surface area contributed by atoms with E-state index in [1.54, 1.807) is 6.07 Å². The molecule has 1 aromatic rings. The summed E-state index contributed by atoms with van der Waals surface area (Å²) in [6.45, 7) is 2.46. The topological polar surface area (TPSA) is 105 Å². The van der Waals surface area contributed by atoms with Gasteiger partial charge < -0.3 is 5.32 Å². The van der Waals surface area contributed by atoms with Gasteiger partial charge in [0.15, 0.2) is 0 Å². The van der Waals surface area contributed by atoms with Crippen LogP contribution in [0.15, 0.2) is 23.4 Å². The Morgan fingerprint density at radius 2 is 2.00 bits per heavy atom. The Hall–Kier alpha value is -1.19. The molecule has 1 saturated heterocycles. The lowest BCUT2D eigenvalue weighted by molar-refractivity contribution is 0.505. The van der Waals surface area contributed by atoms with Crippen LogP contribution >= 0.6 is 0 Å². The minimum atomic E-state index is -3.72. The average molecular weight is 333 g/mol. The van der Waals surface area contributed by atoms with Crippen molar-refractivity contribution in [3.05, 3.63) is 18.5 Å². The van der Waals surface area contributed by atoms with Crippen molar-refractivity contribution in [3.63, 3.8) is 0 Å². The van der Waals surface area contributed by atoms with Crippen molar-refractivity contribution in [1.29, 1.82) is 0 Å².